The summed E-state index contributed by atoms with van der Waals surface area (Å²) in [6, 6.07) is 3.32. The molecule has 5 nitrogen and oxygen atoms in total. The smallest absolute Gasteiger partial charge is 0.255 e. The highest BCUT2D eigenvalue weighted by molar-refractivity contribution is 6.30. The van der Waals surface area contributed by atoms with Crippen LogP contribution in [0.15, 0.2) is 24.5 Å². The molecular weight excluding hydrogens is 357 g/mol. The Balaban J connectivity index is 1.77. The van der Waals surface area contributed by atoms with E-state index in [2.05, 4.69) is 9.97 Å². The molecule has 0 saturated carbocycles. The summed E-state index contributed by atoms with van der Waals surface area (Å²) < 4.78 is 18.9. The first-order chi connectivity index (χ1) is 12.4. The van der Waals surface area contributed by atoms with Gasteiger partial charge in [-0.1, -0.05) is 18.5 Å². The molecule has 2 aromatic heterocycles. The molecule has 1 aliphatic heterocycles. The molecule has 0 aromatic carbocycles. The molecule has 2 unspecified atom stereocenters. The van der Waals surface area contributed by atoms with Gasteiger partial charge in [-0.2, -0.15) is 0 Å². The standard InChI is InChI=1S/C19H21ClFN3O2/c1-4-13(21)10-26-17-8-23-16(7-11(17)2)12(3)24-9-15-14(19(24)25)5-6-22-18(15)20/h5-8,12-13H,4,9-10H2,1-3H3. The van der Waals surface area contributed by atoms with Crippen molar-refractivity contribution in [2.45, 2.75) is 46.0 Å². The molecule has 3 rings (SSSR count). The number of aromatic nitrogens is 2. The Hall–Kier alpha value is -2.21. The monoisotopic (exact) mass is 377 g/mol. The van der Waals surface area contributed by atoms with Crippen LogP contribution in [-0.2, 0) is 6.54 Å². The molecule has 2 atom stereocenters. The number of carbonyl (C=O) groups is 1. The van der Waals surface area contributed by atoms with Crippen molar-refractivity contribution in [3.05, 3.63) is 52.1 Å². The Kier molecular flexibility index (Phi) is 5.41. The summed E-state index contributed by atoms with van der Waals surface area (Å²) in [6.45, 7) is 5.99. The number of fused-ring (bicyclic) bond motifs is 1. The van der Waals surface area contributed by atoms with Gasteiger partial charge in [-0.3, -0.25) is 9.78 Å². The predicted molar refractivity (Wildman–Crippen MR) is 97.2 cm³/mol. The van der Waals surface area contributed by atoms with Crippen molar-refractivity contribution in [1.29, 1.82) is 0 Å². The lowest BCUT2D eigenvalue weighted by molar-refractivity contribution is 0.0712. The maximum Gasteiger partial charge on any atom is 0.255 e. The van der Waals surface area contributed by atoms with Gasteiger partial charge in [0.1, 0.15) is 23.7 Å². The fraction of sp³-hybridized carbons (Fsp3) is 0.421. The van der Waals surface area contributed by atoms with E-state index in [9.17, 15) is 9.18 Å². The number of halogens is 2. The normalized spacial score (nSPS) is 15.7. The van der Waals surface area contributed by atoms with Gasteiger partial charge in [0.25, 0.3) is 5.91 Å². The minimum Gasteiger partial charge on any atom is -0.489 e. The van der Waals surface area contributed by atoms with Crippen LogP contribution in [0.25, 0.3) is 0 Å². The summed E-state index contributed by atoms with van der Waals surface area (Å²) in [6.07, 6.45) is 2.55. The third kappa shape index (κ3) is 3.51. The first-order valence-electron chi connectivity index (χ1n) is 8.60. The number of hydrogen-bond acceptors (Lipinski definition) is 4. The molecule has 0 spiro atoms. The van der Waals surface area contributed by atoms with Crippen LogP contribution in [0.4, 0.5) is 4.39 Å². The topological polar surface area (TPSA) is 55.3 Å². The lowest BCUT2D eigenvalue weighted by Gasteiger charge is -2.24. The molecule has 1 aliphatic rings. The number of alkyl halides is 1. The van der Waals surface area contributed by atoms with Crippen LogP contribution in [0.2, 0.25) is 5.15 Å². The highest BCUT2D eigenvalue weighted by atomic mass is 35.5. The molecule has 0 N–H and O–H groups in total. The van der Waals surface area contributed by atoms with E-state index in [1.54, 1.807) is 24.1 Å². The highest BCUT2D eigenvalue weighted by Crippen LogP contribution is 2.34. The van der Waals surface area contributed by atoms with Crippen molar-refractivity contribution in [1.82, 2.24) is 14.9 Å². The van der Waals surface area contributed by atoms with Crippen LogP contribution in [0, 0.1) is 6.92 Å². The SMILES string of the molecule is CCC(F)COc1cnc(C(C)N2Cc3c(ccnc3Cl)C2=O)cc1C. The summed E-state index contributed by atoms with van der Waals surface area (Å²) in [5.74, 6) is 0.472. The summed E-state index contributed by atoms with van der Waals surface area (Å²) in [4.78, 5) is 22.8. The second-order valence-corrected chi connectivity index (χ2v) is 6.79. The predicted octanol–water partition coefficient (Wildman–Crippen LogP) is 4.28. The van der Waals surface area contributed by atoms with Gasteiger partial charge in [0.15, 0.2) is 0 Å². The second-order valence-electron chi connectivity index (χ2n) is 6.43. The minimum absolute atomic E-state index is 0.0132. The van der Waals surface area contributed by atoms with Crippen molar-refractivity contribution in [2.75, 3.05) is 6.61 Å². The molecule has 3 heterocycles. The van der Waals surface area contributed by atoms with Crippen LogP contribution in [0.5, 0.6) is 5.75 Å². The zero-order valence-corrected chi connectivity index (χ0v) is 15.8. The average Bonchev–Trinajstić information content (AvgIpc) is 2.98. The van der Waals surface area contributed by atoms with Gasteiger partial charge < -0.3 is 9.64 Å². The maximum atomic E-state index is 13.4. The number of pyridine rings is 2. The van der Waals surface area contributed by atoms with Gasteiger partial charge in [-0.05, 0) is 38.0 Å². The van der Waals surface area contributed by atoms with Gasteiger partial charge in [0.05, 0.1) is 24.5 Å². The molecule has 0 aliphatic carbocycles. The van der Waals surface area contributed by atoms with Gasteiger partial charge in [0, 0.05) is 17.3 Å². The van der Waals surface area contributed by atoms with Crippen LogP contribution >= 0.6 is 11.6 Å². The quantitative estimate of drug-likeness (QED) is 0.705. The zero-order chi connectivity index (χ0) is 18.8. The second kappa shape index (κ2) is 7.58. The van der Waals surface area contributed by atoms with Gasteiger partial charge in [-0.25, -0.2) is 9.37 Å². The molecule has 0 radical (unpaired) electrons. The number of nitrogens with zero attached hydrogens (tertiary/aromatic N) is 3. The molecule has 0 saturated heterocycles. The van der Waals surface area contributed by atoms with Gasteiger partial charge in [-0.15, -0.1) is 0 Å². The molecule has 138 valence electrons. The summed E-state index contributed by atoms with van der Waals surface area (Å²) in [5, 5.41) is 0.357. The highest BCUT2D eigenvalue weighted by Gasteiger charge is 2.33. The van der Waals surface area contributed by atoms with E-state index in [-0.39, 0.29) is 18.6 Å². The van der Waals surface area contributed by atoms with Crippen molar-refractivity contribution in [3.63, 3.8) is 0 Å². The fourth-order valence-corrected chi connectivity index (χ4v) is 3.15. The maximum absolute atomic E-state index is 13.4. The molecular formula is C19H21ClFN3O2. The summed E-state index contributed by atoms with van der Waals surface area (Å²) in [5.41, 5.74) is 2.93. The fourth-order valence-electron chi connectivity index (χ4n) is 2.93. The average molecular weight is 378 g/mol. The van der Waals surface area contributed by atoms with Crippen molar-refractivity contribution < 1.29 is 13.9 Å². The van der Waals surface area contributed by atoms with Crippen molar-refractivity contribution in [2.24, 2.45) is 0 Å². The first-order valence-corrected chi connectivity index (χ1v) is 8.97. The zero-order valence-electron chi connectivity index (χ0n) is 15.0. The molecule has 0 fully saturated rings. The number of carbonyl (C=O) groups excluding carboxylic acids is 1. The van der Waals surface area contributed by atoms with Crippen LogP contribution < -0.4 is 4.74 Å². The van der Waals surface area contributed by atoms with Crippen molar-refractivity contribution >= 4 is 17.5 Å². The molecule has 7 heteroatoms. The Morgan fingerprint density at radius 3 is 2.85 bits per heavy atom. The van der Waals surface area contributed by atoms with E-state index in [4.69, 9.17) is 16.3 Å². The van der Waals surface area contributed by atoms with Crippen molar-refractivity contribution in [3.8, 4) is 5.75 Å². The van der Waals surface area contributed by atoms with Crippen LogP contribution in [-0.4, -0.2) is 33.6 Å². The number of aryl methyl sites for hydroxylation is 1. The van der Waals surface area contributed by atoms with Gasteiger partial charge >= 0.3 is 0 Å². The van der Waals surface area contributed by atoms with E-state index in [0.29, 0.717) is 29.4 Å². The lowest BCUT2D eigenvalue weighted by Crippen LogP contribution is -2.28. The minimum atomic E-state index is -0.993. The van der Waals surface area contributed by atoms with Gasteiger partial charge in [0.2, 0.25) is 0 Å². The Morgan fingerprint density at radius 2 is 2.19 bits per heavy atom. The largest absolute Gasteiger partial charge is 0.489 e. The number of hydrogen-bond donors (Lipinski definition) is 0. The molecule has 0 bridgehead atoms. The molecule has 1 amide bonds. The lowest BCUT2D eigenvalue weighted by atomic mass is 10.1. The molecule has 2 aromatic rings. The summed E-state index contributed by atoms with van der Waals surface area (Å²) in [7, 11) is 0. The number of rotatable bonds is 6. The van der Waals surface area contributed by atoms with E-state index in [1.807, 2.05) is 19.9 Å². The Bertz CT molecular complexity index is 830. The number of ether oxygens (including phenoxy) is 1. The number of amides is 1. The molecule has 26 heavy (non-hydrogen) atoms. The Morgan fingerprint density at radius 1 is 1.42 bits per heavy atom. The third-order valence-corrected chi connectivity index (χ3v) is 4.99. The summed E-state index contributed by atoms with van der Waals surface area (Å²) >= 11 is 6.12. The van der Waals surface area contributed by atoms with Crippen LogP contribution in [0.1, 0.15) is 53.5 Å². The van der Waals surface area contributed by atoms with E-state index >= 15 is 0 Å². The first kappa shape index (κ1) is 18.6. The van der Waals surface area contributed by atoms with Crippen LogP contribution in [0.3, 0.4) is 0 Å². The third-order valence-electron chi connectivity index (χ3n) is 4.67. The van der Waals surface area contributed by atoms with E-state index < -0.39 is 6.17 Å². The Labute approximate surface area is 157 Å². The van der Waals surface area contributed by atoms with E-state index in [1.165, 1.54) is 6.20 Å². The van der Waals surface area contributed by atoms with E-state index in [0.717, 1.165) is 16.8 Å².